The van der Waals surface area contributed by atoms with Crippen LogP contribution in [0.2, 0.25) is 0 Å². The average Bonchev–Trinajstić information content (AvgIpc) is 2.52. The number of alkyl halides is 3. The second-order valence-corrected chi connectivity index (χ2v) is 8.28. The molecule has 0 saturated carbocycles. The Morgan fingerprint density at radius 1 is 0.929 bits per heavy atom. The zero-order chi connectivity index (χ0) is 21.6. The Labute approximate surface area is 175 Å². The smallest absolute Gasteiger partial charge is 0.318 e. The molecule has 0 bridgehead atoms. The first-order valence-corrected chi connectivity index (χ1v) is 9.00. The zero-order valence-electron chi connectivity index (χ0n) is 15.1. The molecule has 13 heteroatoms. The molecule has 1 heterocycles. The molecule has 1 rings (SSSR count). The van der Waals surface area contributed by atoms with Crippen molar-refractivity contribution in [3.05, 3.63) is 0 Å². The Kier molecular flexibility index (Phi) is 9.22. The van der Waals surface area contributed by atoms with Gasteiger partial charge in [0.05, 0.1) is 0 Å². The number of halogens is 3. The molecular formula is C15H19Cl3O10. The fourth-order valence-corrected chi connectivity index (χ4v) is 2.58. The number of aliphatic hydroxyl groups is 1. The van der Waals surface area contributed by atoms with E-state index in [-0.39, 0.29) is 0 Å². The van der Waals surface area contributed by atoms with E-state index in [1.165, 1.54) is 0 Å². The van der Waals surface area contributed by atoms with Crippen molar-refractivity contribution in [1.82, 2.24) is 0 Å². The Bertz CT molecular complexity index is 605. The van der Waals surface area contributed by atoms with Crippen LogP contribution in [-0.4, -0.2) is 70.6 Å². The van der Waals surface area contributed by atoms with Crippen molar-refractivity contribution in [3.63, 3.8) is 0 Å². The van der Waals surface area contributed by atoms with Crippen molar-refractivity contribution < 1.29 is 48.0 Å². The number of hydrogen-bond donors (Lipinski definition) is 1. The molecule has 28 heavy (non-hydrogen) atoms. The average molecular weight is 466 g/mol. The normalized spacial score (nSPS) is 27.5. The van der Waals surface area contributed by atoms with Gasteiger partial charge in [-0.2, -0.15) is 0 Å². The van der Waals surface area contributed by atoms with Gasteiger partial charge in [-0.05, 0) is 0 Å². The standard InChI is InChI=1S/C15H19Cl3O10/c1-6(19)24-4-9-11(26-7(2)20)12(27-8(3)21)10(14(23)28-9)13(22)25-5-15(16,17)18/h9-12,14,23H,4-5H2,1-3H3/t9-,10+,11-,12-,14?/m1/s1. The lowest BCUT2D eigenvalue weighted by Crippen LogP contribution is -2.61. The summed E-state index contributed by atoms with van der Waals surface area (Å²) in [4.78, 5) is 46.5. The molecule has 1 N–H and O–H groups in total. The van der Waals surface area contributed by atoms with Gasteiger partial charge >= 0.3 is 23.9 Å². The van der Waals surface area contributed by atoms with Crippen LogP contribution in [0.3, 0.4) is 0 Å². The molecule has 1 unspecified atom stereocenters. The van der Waals surface area contributed by atoms with Gasteiger partial charge < -0.3 is 28.8 Å². The molecule has 0 aromatic heterocycles. The van der Waals surface area contributed by atoms with Crippen LogP contribution in [0.1, 0.15) is 20.8 Å². The molecule has 160 valence electrons. The quantitative estimate of drug-likeness (QED) is 0.338. The van der Waals surface area contributed by atoms with Gasteiger partial charge in [0.15, 0.2) is 18.5 Å². The summed E-state index contributed by atoms with van der Waals surface area (Å²) in [6, 6.07) is 0. The Morgan fingerprint density at radius 2 is 1.46 bits per heavy atom. The summed E-state index contributed by atoms with van der Waals surface area (Å²) in [6.45, 7) is 2.12. The van der Waals surface area contributed by atoms with Crippen molar-refractivity contribution in [1.29, 1.82) is 0 Å². The number of aliphatic hydroxyl groups excluding tert-OH is 1. The highest BCUT2D eigenvalue weighted by atomic mass is 35.6. The van der Waals surface area contributed by atoms with Crippen LogP contribution < -0.4 is 0 Å². The number of hydrogen-bond acceptors (Lipinski definition) is 10. The third-order valence-corrected chi connectivity index (χ3v) is 3.70. The van der Waals surface area contributed by atoms with E-state index in [0.717, 1.165) is 20.8 Å². The Morgan fingerprint density at radius 3 is 1.93 bits per heavy atom. The van der Waals surface area contributed by atoms with Crippen molar-refractivity contribution >= 4 is 58.7 Å². The van der Waals surface area contributed by atoms with Gasteiger partial charge in [0, 0.05) is 20.8 Å². The molecule has 1 aliphatic rings. The van der Waals surface area contributed by atoms with Gasteiger partial charge in [-0.3, -0.25) is 19.2 Å². The highest BCUT2D eigenvalue weighted by Crippen LogP contribution is 2.32. The predicted molar refractivity (Wildman–Crippen MR) is 93.4 cm³/mol. The van der Waals surface area contributed by atoms with E-state index in [9.17, 15) is 24.3 Å². The molecule has 0 aromatic carbocycles. The SMILES string of the molecule is CC(=O)OC[C@H]1OC(O)[C@H](C(=O)OCC(Cl)(Cl)Cl)[C@@H](OC(C)=O)[C@@H]1OC(C)=O. The summed E-state index contributed by atoms with van der Waals surface area (Å²) in [5, 5.41) is 10.2. The van der Waals surface area contributed by atoms with Crippen LogP contribution in [0, 0.1) is 5.92 Å². The largest absolute Gasteiger partial charge is 0.463 e. The maximum Gasteiger partial charge on any atom is 0.318 e. The number of carbonyl (C=O) groups excluding carboxylic acids is 4. The topological polar surface area (TPSA) is 135 Å². The lowest BCUT2D eigenvalue weighted by molar-refractivity contribution is -0.278. The minimum absolute atomic E-state index is 0.446. The first-order valence-electron chi connectivity index (χ1n) is 7.86. The number of esters is 4. The van der Waals surface area contributed by atoms with E-state index in [1.54, 1.807) is 0 Å². The van der Waals surface area contributed by atoms with Gasteiger partial charge in [0.2, 0.25) is 3.79 Å². The van der Waals surface area contributed by atoms with E-state index in [4.69, 9.17) is 58.5 Å². The van der Waals surface area contributed by atoms with Crippen LogP contribution >= 0.6 is 34.8 Å². The summed E-state index contributed by atoms with van der Waals surface area (Å²) in [7, 11) is 0. The first-order chi connectivity index (χ1) is 12.8. The monoisotopic (exact) mass is 464 g/mol. The molecule has 0 radical (unpaired) electrons. The molecule has 5 atom stereocenters. The highest BCUT2D eigenvalue weighted by Gasteiger charge is 2.53. The molecule has 0 amide bonds. The fraction of sp³-hybridized carbons (Fsp3) is 0.733. The third-order valence-electron chi connectivity index (χ3n) is 3.37. The molecule has 1 aliphatic heterocycles. The molecule has 1 fully saturated rings. The van der Waals surface area contributed by atoms with Crippen LogP contribution in [0.25, 0.3) is 0 Å². The number of carbonyl (C=O) groups is 4. The van der Waals surface area contributed by atoms with Gasteiger partial charge in [0.25, 0.3) is 0 Å². The molecule has 0 aliphatic carbocycles. The lowest BCUT2D eigenvalue weighted by Gasteiger charge is -2.42. The minimum atomic E-state index is -1.93. The molecule has 0 spiro atoms. The van der Waals surface area contributed by atoms with Crippen molar-refractivity contribution in [2.75, 3.05) is 13.2 Å². The Balaban J connectivity index is 3.16. The van der Waals surface area contributed by atoms with E-state index in [0.29, 0.717) is 0 Å². The maximum atomic E-state index is 12.4. The number of rotatable bonds is 6. The van der Waals surface area contributed by atoms with Crippen molar-refractivity contribution in [3.8, 4) is 0 Å². The van der Waals surface area contributed by atoms with E-state index < -0.39 is 71.4 Å². The van der Waals surface area contributed by atoms with Gasteiger partial charge in [0.1, 0.15) is 25.2 Å². The second kappa shape index (κ2) is 10.4. The van der Waals surface area contributed by atoms with Crippen LogP contribution in [0.5, 0.6) is 0 Å². The summed E-state index contributed by atoms with van der Waals surface area (Å²) in [5.41, 5.74) is 0. The molecule has 10 nitrogen and oxygen atoms in total. The highest BCUT2D eigenvalue weighted by molar-refractivity contribution is 6.67. The van der Waals surface area contributed by atoms with Crippen molar-refractivity contribution in [2.45, 2.75) is 49.2 Å². The fourth-order valence-electron chi connectivity index (χ4n) is 2.42. The van der Waals surface area contributed by atoms with Gasteiger partial charge in [-0.1, -0.05) is 34.8 Å². The zero-order valence-corrected chi connectivity index (χ0v) is 17.3. The van der Waals surface area contributed by atoms with E-state index in [2.05, 4.69) is 0 Å². The van der Waals surface area contributed by atoms with Crippen molar-refractivity contribution in [2.24, 2.45) is 5.92 Å². The Hall–Kier alpha value is -1.33. The third kappa shape index (κ3) is 7.96. The molecular weight excluding hydrogens is 447 g/mol. The van der Waals surface area contributed by atoms with Crippen LogP contribution in [0.15, 0.2) is 0 Å². The van der Waals surface area contributed by atoms with Gasteiger partial charge in [-0.25, -0.2) is 0 Å². The minimum Gasteiger partial charge on any atom is -0.463 e. The molecule has 0 aromatic rings. The van der Waals surface area contributed by atoms with Crippen LogP contribution in [-0.2, 0) is 42.9 Å². The summed E-state index contributed by atoms with van der Waals surface area (Å²) in [6.07, 6.45) is -6.01. The second-order valence-electron chi connectivity index (χ2n) is 5.76. The first kappa shape index (κ1) is 24.7. The van der Waals surface area contributed by atoms with E-state index in [1.807, 2.05) is 0 Å². The summed E-state index contributed by atoms with van der Waals surface area (Å²) < 4.78 is 23.1. The summed E-state index contributed by atoms with van der Waals surface area (Å²) >= 11 is 16.6. The predicted octanol–water partition coefficient (Wildman–Crippen LogP) is 0.660. The van der Waals surface area contributed by atoms with Crippen LogP contribution in [0.4, 0.5) is 0 Å². The number of ether oxygens (including phenoxy) is 5. The molecule has 1 saturated heterocycles. The maximum absolute atomic E-state index is 12.4. The lowest BCUT2D eigenvalue weighted by atomic mass is 9.90. The van der Waals surface area contributed by atoms with Gasteiger partial charge in [-0.15, -0.1) is 0 Å². The van der Waals surface area contributed by atoms with E-state index >= 15 is 0 Å². The summed E-state index contributed by atoms with van der Waals surface area (Å²) in [5.74, 6) is -5.08.